The lowest BCUT2D eigenvalue weighted by Gasteiger charge is -2.20. The van der Waals surface area contributed by atoms with Gasteiger partial charge in [-0.25, -0.2) is 4.57 Å². The maximum atomic E-state index is 12.5. The van der Waals surface area contributed by atoms with Crippen LogP contribution in [0.1, 0.15) is 187 Å². The van der Waals surface area contributed by atoms with Crippen LogP contribution in [-0.4, -0.2) is 65.7 Å². The zero-order valence-corrected chi connectivity index (χ0v) is 31.6. The minimum atomic E-state index is -4.60. The standard InChI is InChI=1S/C37H73O10P/c1-3-5-7-9-11-13-15-16-17-19-20-22-24-26-28-36(40)44-32-35(33-46-48(42,43)45-31-34(39)30-38)47-37(41)29-27-25-23-21-18-14-12-10-8-6-4-2/h34-35,38-39H,3-33H2,1-2H3,(H,42,43)/t34-,35+/m0/s1. The summed E-state index contributed by atoms with van der Waals surface area (Å²) in [6, 6.07) is 0. The average Bonchev–Trinajstić information content (AvgIpc) is 3.07. The number of carbonyl (C=O) groups is 2. The number of hydrogen-bond donors (Lipinski definition) is 3. The van der Waals surface area contributed by atoms with E-state index in [9.17, 15) is 24.2 Å². The molecule has 0 aromatic carbocycles. The molecule has 0 spiro atoms. The van der Waals surface area contributed by atoms with Crippen LogP contribution in [0.25, 0.3) is 0 Å². The van der Waals surface area contributed by atoms with Gasteiger partial charge in [0.05, 0.1) is 19.8 Å². The summed E-state index contributed by atoms with van der Waals surface area (Å²) < 4.78 is 32.6. The minimum absolute atomic E-state index is 0.191. The molecule has 48 heavy (non-hydrogen) atoms. The summed E-state index contributed by atoms with van der Waals surface area (Å²) in [6.45, 7) is 2.38. The summed E-state index contributed by atoms with van der Waals surface area (Å²) in [6.07, 6.45) is 27.8. The van der Waals surface area contributed by atoms with Gasteiger partial charge in [0.15, 0.2) is 6.10 Å². The largest absolute Gasteiger partial charge is 0.472 e. The molecule has 0 aliphatic carbocycles. The van der Waals surface area contributed by atoms with Gasteiger partial charge < -0.3 is 24.6 Å². The average molecular weight is 709 g/mol. The number of aliphatic hydroxyl groups excluding tert-OH is 2. The van der Waals surface area contributed by atoms with Crippen LogP contribution in [0.15, 0.2) is 0 Å². The van der Waals surface area contributed by atoms with Crippen LogP contribution in [0, 0.1) is 0 Å². The first-order valence-electron chi connectivity index (χ1n) is 19.5. The van der Waals surface area contributed by atoms with Gasteiger partial charge in [-0.3, -0.25) is 18.6 Å². The van der Waals surface area contributed by atoms with Gasteiger partial charge >= 0.3 is 19.8 Å². The van der Waals surface area contributed by atoms with Crippen LogP contribution in [0.4, 0.5) is 0 Å². The number of esters is 2. The Labute approximate surface area is 293 Å². The summed E-state index contributed by atoms with van der Waals surface area (Å²) in [5.41, 5.74) is 0. The van der Waals surface area contributed by atoms with Crippen molar-refractivity contribution in [2.75, 3.05) is 26.4 Å². The van der Waals surface area contributed by atoms with E-state index in [-0.39, 0.29) is 19.4 Å². The molecular formula is C37H73O10P. The molecule has 3 N–H and O–H groups in total. The second kappa shape index (κ2) is 34.4. The Morgan fingerprint density at radius 3 is 1.29 bits per heavy atom. The van der Waals surface area contributed by atoms with Gasteiger partial charge in [-0.2, -0.15) is 0 Å². The van der Waals surface area contributed by atoms with Crippen LogP contribution in [0.2, 0.25) is 0 Å². The van der Waals surface area contributed by atoms with Crippen molar-refractivity contribution in [3.8, 4) is 0 Å². The van der Waals surface area contributed by atoms with Crippen LogP contribution in [0.3, 0.4) is 0 Å². The van der Waals surface area contributed by atoms with Crippen molar-refractivity contribution < 1.29 is 47.8 Å². The lowest BCUT2D eigenvalue weighted by molar-refractivity contribution is -0.161. The van der Waals surface area contributed by atoms with Crippen LogP contribution in [-0.2, 0) is 32.7 Å². The van der Waals surface area contributed by atoms with E-state index in [1.165, 1.54) is 116 Å². The Morgan fingerprint density at radius 1 is 0.542 bits per heavy atom. The van der Waals surface area contributed by atoms with Crippen molar-refractivity contribution in [3.63, 3.8) is 0 Å². The molecule has 11 heteroatoms. The minimum Gasteiger partial charge on any atom is -0.462 e. The molecule has 10 nitrogen and oxygen atoms in total. The van der Waals surface area contributed by atoms with Gasteiger partial charge in [-0.1, -0.05) is 162 Å². The van der Waals surface area contributed by atoms with E-state index in [4.69, 9.17) is 19.1 Å². The summed E-state index contributed by atoms with van der Waals surface area (Å²) in [5, 5.41) is 18.3. The topological polar surface area (TPSA) is 149 Å². The fourth-order valence-electron chi connectivity index (χ4n) is 5.46. The zero-order valence-electron chi connectivity index (χ0n) is 30.7. The highest BCUT2D eigenvalue weighted by molar-refractivity contribution is 7.47. The van der Waals surface area contributed by atoms with Crippen LogP contribution in [0.5, 0.6) is 0 Å². The predicted octanol–water partition coefficient (Wildman–Crippen LogP) is 9.50. The van der Waals surface area contributed by atoms with E-state index in [0.717, 1.165) is 32.1 Å². The summed E-state index contributed by atoms with van der Waals surface area (Å²) in [7, 11) is -4.60. The highest BCUT2D eigenvalue weighted by atomic mass is 31.2. The number of carbonyl (C=O) groups excluding carboxylic acids is 2. The van der Waals surface area contributed by atoms with Crippen molar-refractivity contribution in [3.05, 3.63) is 0 Å². The number of unbranched alkanes of at least 4 members (excludes halogenated alkanes) is 23. The molecular weight excluding hydrogens is 635 g/mol. The molecule has 286 valence electrons. The van der Waals surface area contributed by atoms with E-state index in [1.54, 1.807) is 0 Å². The smallest absolute Gasteiger partial charge is 0.462 e. The Bertz CT molecular complexity index is 781. The molecule has 0 bridgehead atoms. The molecule has 1 unspecified atom stereocenters. The Morgan fingerprint density at radius 2 is 0.896 bits per heavy atom. The molecule has 3 atom stereocenters. The van der Waals surface area contributed by atoms with Crippen LogP contribution < -0.4 is 0 Å². The molecule has 0 heterocycles. The summed E-state index contributed by atoms with van der Waals surface area (Å²) in [5.74, 6) is -0.915. The predicted molar refractivity (Wildman–Crippen MR) is 192 cm³/mol. The Balaban J connectivity index is 4.31. The van der Waals surface area contributed by atoms with E-state index < -0.39 is 51.8 Å². The van der Waals surface area contributed by atoms with Crippen molar-refractivity contribution in [2.24, 2.45) is 0 Å². The van der Waals surface area contributed by atoms with E-state index in [1.807, 2.05) is 0 Å². The third-order valence-corrected chi connectivity index (χ3v) is 9.46. The number of aliphatic hydroxyl groups is 2. The normalized spacial score (nSPS) is 14.0. The Kier molecular flexibility index (Phi) is 33.7. The molecule has 0 rings (SSSR count). The molecule has 0 aliphatic heterocycles. The highest BCUT2D eigenvalue weighted by Gasteiger charge is 2.27. The van der Waals surface area contributed by atoms with Gasteiger partial charge in [0.2, 0.25) is 0 Å². The maximum absolute atomic E-state index is 12.5. The van der Waals surface area contributed by atoms with Crippen molar-refractivity contribution in [2.45, 2.75) is 199 Å². The molecule has 0 saturated heterocycles. The lowest BCUT2D eigenvalue weighted by atomic mass is 10.0. The van der Waals surface area contributed by atoms with Gasteiger partial charge in [-0.05, 0) is 12.8 Å². The third kappa shape index (κ3) is 33.5. The van der Waals surface area contributed by atoms with E-state index in [2.05, 4.69) is 18.4 Å². The highest BCUT2D eigenvalue weighted by Crippen LogP contribution is 2.43. The number of phosphoric ester groups is 1. The maximum Gasteiger partial charge on any atom is 0.472 e. The lowest BCUT2D eigenvalue weighted by Crippen LogP contribution is -2.29. The van der Waals surface area contributed by atoms with Gasteiger partial charge in [0, 0.05) is 12.8 Å². The first kappa shape index (κ1) is 47.0. The quantitative estimate of drug-likeness (QED) is 0.0324. The number of ether oxygens (including phenoxy) is 2. The number of phosphoric acid groups is 1. The van der Waals surface area contributed by atoms with E-state index >= 15 is 0 Å². The SMILES string of the molecule is CCCCCCCCCCCCCCCCC(=O)OC[C@H](COP(=O)(O)OC[C@@H](O)CO)OC(=O)CCCCCCCCCCCCC. The molecule has 0 fully saturated rings. The fraction of sp³-hybridized carbons (Fsp3) is 0.946. The van der Waals surface area contributed by atoms with Crippen molar-refractivity contribution in [1.29, 1.82) is 0 Å². The second-order valence-electron chi connectivity index (χ2n) is 13.3. The van der Waals surface area contributed by atoms with Crippen LogP contribution >= 0.6 is 7.82 Å². The Hall–Kier alpha value is -1.03. The number of rotatable bonds is 37. The number of hydrogen-bond acceptors (Lipinski definition) is 9. The van der Waals surface area contributed by atoms with Crippen molar-refractivity contribution >= 4 is 19.8 Å². The van der Waals surface area contributed by atoms with E-state index in [0.29, 0.717) is 12.8 Å². The molecule has 0 aromatic rings. The molecule has 0 amide bonds. The summed E-state index contributed by atoms with van der Waals surface area (Å²) >= 11 is 0. The first-order chi connectivity index (χ1) is 23.2. The molecule has 0 aromatic heterocycles. The fourth-order valence-corrected chi connectivity index (χ4v) is 6.25. The zero-order chi connectivity index (χ0) is 35.6. The second-order valence-corrected chi connectivity index (χ2v) is 14.8. The van der Waals surface area contributed by atoms with Gasteiger partial charge in [0.1, 0.15) is 12.7 Å². The molecule has 0 saturated carbocycles. The molecule has 0 aliphatic rings. The van der Waals surface area contributed by atoms with Crippen molar-refractivity contribution in [1.82, 2.24) is 0 Å². The monoisotopic (exact) mass is 708 g/mol. The molecule has 0 radical (unpaired) electrons. The third-order valence-electron chi connectivity index (χ3n) is 8.51. The first-order valence-corrected chi connectivity index (χ1v) is 21.0. The summed E-state index contributed by atoms with van der Waals surface area (Å²) in [4.78, 5) is 34.8. The van der Waals surface area contributed by atoms with Gasteiger partial charge in [-0.15, -0.1) is 0 Å². The van der Waals surface area contributed by atoms with Gasteiger partial charge in [0.25, 0.3) is 0 Å².